The van der Waals surface area contributed by atoms with Crippen LogP contribution < -0.4 is 5.32 Å². The first-order valence-electron chi connectivity index (χ1n) is 5.62. The summed E-state index contributed by atoms with van der Waals surface area (Å²) in [5.74, 6) is -0.411. The van der Waals surface area contributed by atoms with Crippen LogP contribution in [0.3, 0.4) is 0 Å². The predicted octanol–water partition coefficient (Wildman–Crippen LogP) is 1.96. The Bertz CT molecular complexity index is 397. The lowest BCUT2D eigenvalue weighted by molar-refractivity contribution is -0.137. The maximum absolute atomic E-state index is 11.7. The number of hydrogen-bond donors (Lipinski definition) is 2. The summed E-state index contributed by atoms with van der Waals surface area (Å²) < 4.78 is 5.17. The molecule has 0 aliphatic carbocycles. The second kappa shape index (κ2) is 6.08. The fourth-order valence-electron chi connectivity index (χ4n) is 1.60. The summed E-state index contributed by atoms with van der Waals surface area (Å²) in [6.07, 6.45) is 1.38. The Balaban J connectivity index is 2.60. The van der Waals surface area contributed by atoms with Gasteiger partial charge in [-0.25, -0.2) is 0 Å². The van der Waals surface area contributed by atoms with Crippen LogP contribution in [-0.4, -0.2) is 23.0 Å². The minimum absolute atomic E-state index is 0.0702. The van der Waals surface area contributed by atoms with Crippen LogP contribution in [0.4, 0.5) is 0 Å². The van der Waals surface area contributed by atoms with Crippen molar-refractivity contribution in [1.82, 2.24) is 5.32 Å². The van der Waals surface area contributed by atoms with E-state index in [0.29, 0.717) is 12.2 Å². The highest BCUT2D eigenvalue weighted by Gasteiger charge is 2.17. The molecule has 5 heteroatoms. The van der Waals surface area contributed by atoms with E-state index in [1.807, 2.05) is 6.92 Å². The third kappa shape index (κ3) is 4.30. The maximum atomic E-state index is 11.7. The van der Waals surface area contributed by atoms with Crippen molar-refractivity contribution in [2.45, 2.75) is 39.2 Å². The first-order chi connectivity index (χ1) is 8.02. The van der Waals surface area contributed by atoms with Gasteiger partial charge in [0.2, 0.25) is 0 Å². The number of furan rings is 1. The highest BCUT2D eigenvalue weighted by Crippen LogP contribution is 2.08. The van der Waals surface area contributed by atoms with Gasteiger partial charge in [-0.1, -0.05) is 13.3 Å². The number of nitrogens with one attached hydrogen (secondary N) is 1. The molecule has 5 nitrogen and oxygen atoms in total. The van der Waals surface area contributed by atoms with Crippen molar-refractivity contribution in [2.75, 3.05) is 0 Å². The number of aryl methyl sites for hydroxylation is 1. The highest BCUT2D eigenvalue weighted by atomic mass is 16.4. The van der Waals surface area contributed by atoms with Gasteiger partial charge in [0.15, 0.2) is 5.76 Å². The largest absolute Gasteiger partial charge is 0.481 e. The third-order valence-electron chi connectivity index (χ3n) is 2.36. The molecule has 0 saturated heterocycles. The molecular formula is C12H17NO4. The minimum atomic E-state index is -0.917. The highest BCUT2D eigenvalue weighted by molar-refractivity contribution is 5.91. The lowest BCUT2D eigenvalue weighted by Crippen LogP contribution is -2.36. The molecule has 17 heavy (non-hydrogen) atoms. The monoisotopic (exact) mass is 239 g/mol. The Morgan fingerprint density at radius 3 is 2.65 bits per heavy atom. The van der Waals surface area contributed by atoms with Crippen molar-refractivity contribution >= 4 is 11.9 Å². The van der Waals surface area contributed by atoms with E-state index in [9.17, 15) is 9.59 Å². The molecule has 94 valence electrons. The maximum Gasteiger partial charge on any atom is 0.305 e. The number of aliphatic carboxylic acids is 1. The standard InChI is InChI=1S/C12H17NO4/c1-3-4-9(7-11(14)15)13-12(16)10-6-5-8(2)17-10/h5-6,9H,3-4,7H2,1-2H3,(H,13,16)(H,14,15). The number of carbonyl (C=O) groups excluding carboxylic acids is 1. The molecule has 1 heterocycles. The SMILES string of the molecule is CCCC(CC(=O)O)NC(=O)c1ccc(C)o1. The van der Waals surface area contributed by atoms with Gasteiger partial charge in [0, 0.05) is 6.04 Å². The number of rotatable bonds is 6. The van der Waals surface area contributed by atoms with Gasteiger partial charge in [-0.05, 0) is 25.5 Å². The number of carboxylic acids is 1. The molecule has 1 amide bonds. The molecule has 0 radical (unpaired) electrons. The molecule has 0 fully saturated rings. The molecule has 1 rings (SSSR count). The van der Waals surface area contributed by atoms with E-state index in [4.69, 9.17) is 9.52 Å². The quantitative estimate of drug-likeness (QED) is 0.795. The lowest BCUT2D eigenvalue weighted by atomic mass is 10.1. The molecule has 0 aliphatic rings. The van der Waals surface area contributed by atoms with Crippen LogP contribution in [0.5, 0.6) is 0 Å². The Morgan fingerprint density at radius 2 is 2.18 bits per heavy atom. The molecule has 2 N–H and O–H groups in total. The van der Waals surface area contributed by atoms with Crippen molar-refractivity contribution in [1.29, 1.82) is 0 Å². The van der Waals surface area contributed by atoms with Crippen LogP contribution >= 0.6 is 0 Å². The topological polar surface area (TPSA) is 79.5 Å². The van der Waals surface area contributed by atoms with E-state index in [1.54, 1.807) is 19.1 Å². The second-order valence-electron chi connectivity index (χ2n) is 3.97. The summed E-state index contributed by atoms with van der Waals surface area (Å²) in [5.41, 5.74) is 0. The summed E-state index contributed by atoms with van der Waals surface area (Å²) in [5, 5.41) is 11.4. The van der Waals surface area contributed by atoms with Gasteiger partial charge in [-0.15, -0.1) is 0 Å². The van der Waals surface area contributed by atoms with Crippen molar-refractivity contribution in [3.63, 3.8) is 0 Å². The first-order valence-corrected chi connectivity index (χ1v) is 5.62. The van der Waals surface area contributed by atoms with Crippen LogP contribution in [0.2, 0.25) is 0 Å². The summed E-state index contributed by atoms with van der Waals surface area (Å²) in [4.78, 5) is 22.4. The van der Waals surface area contributed by atoms with Gasteiger partial charge in [0.05, 0.1) is 6.42 Å². The molecule has 1 unspecified atom stereocenters. The molecule has 0 aliphatic heterocycles. The van der Waals surface area contributed by atoms with Crippen LogP contribution in [0.15, 0.2) is 16.5 Å². The average molecular weight is 239 g/mol. The summed E-state index contributed by atoms with van der Waals surface area (Å²) in [6, 6.07) is 2.92. The van der Waals surface area contributed by atoms with Crippen molar-refractivity contribution in [3.05, 3.63) is 23.7 Å². The number of carbonyl (C=O) groups is 2. The molecule has 0 aromatic carbocycles. The zero-order valence-electron chi connectivity index (χ0n) is 10.0. The number of hydrogen-bond acceptors (Lipinski definition) is 3. The van der Waals surface area contributed by atoms with E-state index < -0.39 is 5.97 Å². The molecule has 0 spiro atoms. The molecular weight excluding hydrogens is 222 g/mol. The van der Waals surface area contributed by atoms with E-state index in [2.05, 4.69) is 5.32 Å². The summed E-state index contributed by atoms with van der Waals surface area (Å²) in [6.45, 7) is 3.69. The first kappa shape index (κ1) is 13.3. The zero-order valence-corrected chi connectivity index (χ0v) is 10.0. The van der Waals surface area contributed by atoms with E-state index >= 15 is 0 Å². The molecule has 1 aromatic heterocycles. The summed E-state index contributed by atoms with van der Waals surface area (Å²) >= 11 is 0. The van der Waals surface area contributed by atoms with Gasteiger partial charge >= 0.3 is 5.97 Å². The normalized spacial score (nSPS) is 12.1. The molecule has 1 aromatic rings. The predicted molar refractivity (Wildman–Crippen MR) is 61.9 cm³/mol. The van der Waals surface area contributed by atoms with Gasteiger partial charge in [-0.3, -0.25) is 9.59 Å². The van der Waals surface area contributed by atoms with Gasteiger partial charge in [0.25, 0.3) is 5.91 Å². The zero-order chi connectivity index (χ0) is 12.8. The van der Waals surface area contributed by atoms with E-state index in [-0.39, 0.29) is 24.1 Å². The Kier molecular flexibility index (Phi) is 4.75. The Morgan fingerprint density at radius 1 is 1.47 bits per heavy atom. The van der Waals surface area contributed by atoms with Crippen LogP contribution in [-0.2, 0) is 4.79 Å². The van der Waals surface area contributed by atoms with E-state index in [0.717, 1.165) is 6.42 Å². The smallest absolute Gasteiger partial charge is 0.305 e. The van der Waals surface area contributed by atoms with Gasteiger partial charge in [-0.2, -0.15) is 0 Å². The summed E-state index contributed by atoms with van der Waals surface area (Å²) in [7, 11) is 0. The van der Waals surface area contributed by atoms with Crippen molar-refractivity contribution < 1.29 is 19.1 Å². The third-order valence-corrected chi connectivity index (χ3v) is 2.36. The molecule has 0 saturated carbocycles. The number of amides is 1. The lowest BCUT2D eigenvalue weighted by Gasteiger charge is -2.14. The van der Waals surface area contributed by atoms with Gasteiger partial charge < -0.3 is 14.8 Å². The van der Waals surface area contributed by atoms with Crippen LogP contribution in [0.25, 0.3) is 0 Å². The van der Waals surface area contributed by atoms with Crippen molar-refractivity contribution in [2.24, 2.45) is 0 Å². The Hall–Kier alpha value is -1.78. The number of carboxylic acid groups (broad SMARTS) is 1. The Labute approximate surface area is 99.8 Å². The molecule has 0 bridgehead atoms. The van der Waals surface area contributed by atoms with Gasteiger partial charge in [0.1, 0.15) is 5.76 Å². The fourth-order valence-corrected chi connectivity index (χ4v) is 1.60. The average Bonchev–Trinajstić information content (AvgIpc) is 2.64. The molecule has 1 atom stereocenters. The minimum Gasteiger partial charge on any atom is -0.481 e. The van der Waals surface area contributed by atoms with Crippen LogP contribution in [0, 0.1) is 6.92 Å². The fraction of sp³-hybridized carbons (Fsp3) is 0.500. The van der Waals surface area contributed by atoms with Crippen molar-refractivity contribution in [3.8, 4) is 0 Å². The van der Waals surface area contributed by atoms with E-state index in [1.165, 1.54) is 0 Å². The van der Waals surface area contributed by atoms with Crippen LogP contribution in [0.1, 0.15) is 42.5 Å². The second-order valence-corrected chi connectivity index (χ2v) is 3.97.